The third-order valence-electron chi connectivity index (χ3n) is 6.26. The second kappa shape index (κ2) is 12.8. The first-order valence-corrected chi connectivity index (χ1v) is 12.6. The Labute approximate surface area is 209 Å². The third kappa shape index (κ3) is 6.31. The van der Waals surface area contributed by atoms with Crippen molar-refractivity contribution in [1.29, 1.82) is 0 Å². The Bertz CT molecular complexity index is 1040. The second-order valence-corrected chi connectivity index (χ2v) is 9.05. The Kier molecular flexibility index (Phi) is 9.79. The number of hydrogen-bond donors (Lipinski definition) is 0. The molecular weight excluding hydrogens is 444 g/mol. The molecule has 2 aromatic rings. The van der Waals surface area contributed by atoms with Crippen LogP contribution in [0, 0.1) is 12.8 Å². The predicted octanol–water partition coefficient (Wildman–Crippen LogP) is 7.60. The molecule has 0 saturated carbocycles. The van der Waals surface area contributed by atoms with Crippen molar-refractivity contribution in [1.82, 2.24) is 0 Å². The number of aliphatic imine (C=N–C) groups is 1. The lowest BCUT2D eigenvalue weighted by atomic mass is 9.88. The second-order valence-electron chi connectivity index (χ2n) is 8.61. The van der Waals surface area contributed by atoms with E-state index in [0.29, 0.717) is 12.5 Å². The van der Waals surface area contributed by atoms with Crippen molar-refractivity contribution in [2.45, 2.75) is 46.5 Å². The van der Waals surface area contributed by atoms with Crippen LogP contribution in [-0.4, -0.2) is 33.1 Å². The Morgan fingerprint density at radius 2 is 1.91 bits per heavy atom. The summed E-state index contributed by atoms with van der Waals surface area (Å²) in [6.45, 7) is 7.90. The van der Waals surface area contributed by atoms with Crippen LogP contribution in [0.3, 0.4) is 0 Å². The van der Waals surface area contributed by atoms with E-state index in [1.807, 2.05) is 18.2 Å². The summed E-state index contributed by atoms with van der Waals surface area (Å²) in [5.41, 5.74) is 6.70. The van der Waals surface area contributed by atoms with Crippen LogP contribution in [0.1, 0.15) is 50.7 Å². The normalized spacial score (nSPS) is 16.2. The molecule has 2 aromatic carbocycles. The molecule has 1 aliphatic heterocycles. The fourth-order valence-electron chi connectivity index (χ4n) is 4.27. The van der Waals surface area contributed by atoms with E-state index in [1.54, 1.807) is 14.2 Å². The number of unbranched alkanes of at least 4 members (excludes halogenated alkanes) is 1. The van der Waals surface area contributed by atoms with Gasteiger partial charge in [0, 0.05) is 36.3 Å². The van der Waals surface area contributed by atoms with Crippen molar-refractivity contribution < 1.29 is 9.47 Å². The summed E-state index contributed by atoms with van der Waals surface area (Å²) in [4.78, 5) is 7.60. The van der Waals surface area contributed by atoms with Gasteiger partial charge in [0.2, 0.25) is 0 Å². The molecule has 0 amide bonds. The lowest BCUT2D eigenvalue weighted by molar-refractivity contribution is 0.206. The Morgan fingerprint density at radius 1 is 1.15 bits per heavy atom. The zero-order valence-electron chi connectivity index (χ0n) is 21.1. The van der Waals surface area contributed by atoms with E-state index in [4.69, 9.17) is 26.1 Å². The van der Waals surface area contributed by atoms with Gasteiger partial charge in [-0.25, -0.2) is 0 Å². The predicted molar refractivity (Wildman–Crippen MR) is 144 cm³/mol. The Hall–Kier alpha value is -2.56. The van der Waals surface area contributed by atoms with E-state index in [1.165, 1.54) is 5.56 Å². The smallest absolute Gasteiger partial charge is 0.120 e. The molecule has 0 N–H and O–H groups in total. The molecule has 0 fully saturated rings. The molecule has 4 nitrogen and oxygen atoms in total. The first kappa shape index (κ1) is 26.1. The number of hydrogen-bond acceptors (Lipinski definition) is 4. The number of allylic oxidation sites excluding steroid dienone is 2. The van der Waals surface area contributed by atoms with Crippen molar-refractivity contribution in [3.8, 4) is 5.75 Å². The molecule has 1 heterocycles. The topological polar surface area (TPSA) is 34.1 Å². The summed E-state index contributed by atoms with van der Waals surface area (Å²) in [6, 6.07) is 14.3. The molecule has 1 atom stereocenters. The van der Waals surface area contributed by atoms with Gasteiger partial charge in [-0.15, -0.1) is 0 Å². The summed E-state index contributed by atoms with van der Waals surface area (Å²) in [6.07, 6.45) is 8.66. The van der Waals surface area contributed by atoms with Crippen molar-refractivity contribution in [3.05, 3.63) is 82.2 Å². The van der Waals surface area contributed by atoms with Gasteiger partial charge in [0.05, 0.1) is 30.8 Å². The highest BCUT2D eigenvalue weighted by Gasteiger charge is 2.25. The minimum absolute atomic E-state index is 0.392. The van der Waals surface area contributed by atoms with Crippen LogP contribution < -0.4 is 9.64 Å². The van der Waals surface area contributed by atoms with Gasteiger partial charge < -0.3 is 14.4 Å². The Morgan fingerprint density at radius 3 is 2.56 bits per heavy atom. The van der Waals surface area contributed by atoms with Crippen LogP contribution in [0.25, 0.3) is 0 Å². The number of benzene rings is 2. The van der Waals surface area contributed by atoms with E-state index < -0.39 is 0 Å². The largest absolute Gasteiger partial charge is 0.497 e. The van der Waals surface area contributed by atoms with Crippen LogP contribution >= 0.6 is 11.6 Å². The number of rotatable bonds is 11. The maximum absolute atomic E-state index is 6.17. The maximum atomic E-state index is 6.17. The monoisotopic (exact) mass is 480 g/mol. The molecule has 0 bridgehead atoms. The fraction of sp³-hybridized carbons (Fsp3) is 0.414. The van der Waals surface area contributed by atoms with Gasteiger partial charge in [-0.3, -0.25) is 4.99 Å². The SMILES string of the molecule is CCC/C=C(\C1=CCC(CC)C(c2ccc(Cl)cc2)=N1)N(CCOC)c1cc(OC)ccc1C. The van der Waals surface area contributed by atoms with Crippen molar-refractivity contribution in [2.75, 3.05) is 32.3 Å². The summed E-state index contributed by atoms with van der Waals surface area (Å²) >= 11 is 6.17. The van der Waals surface area contributed by atoms with E-state index in [0.717, 1.165) is 71.4 Å². The van der Waals surface area contributed by atoms with Gasteiger partial charge in [-0.1, -0.05) is 62.2 Å². The van der Waals surface area contributed by atoms with Gasteiger partial charge >= 0.3 is 0 Å². The fourth-order valence-corrected chi connectivity index (χ4v) is 4.40. The lowest BCUT2D eigenvalue weighted by Crippen LogP contribution is -2.29. The van der Waals surface area contributed by atoms with E-state index in [2.05, 4.69) is 62.1 Å². The number of halogens is 1. The number of methoxy groups -OCH3 is 2. The van der Waals surface area contributed by atoms with Gasteiger partial charge in [0.25, 0.3) is 0 Å². The first-order valence-electron chi connectivity index (χ1n) is 12.2. The van der Waals surface area contributed by atoms with Crippen LogP contribution in [0.5, 0.6) is 5.75 Å². The molecular formula is C29H37ClN2O2. The molecule has 0 saturated heterocycles. The summed E-state index contributed by atoms with van der Waals surface area (Å²) in [7, 11) is 3.45. The van der Waals surface area contributed by atoms with Gasteiger partial charge in [0.1, 0.15) is 5.75 Å². The van der Waals surface area contributed by atoms with Crippen LogP contribution in [-0.2, 0) is 4.74 Å². The minimum Gasteiger partial charge on any atom is -0.497 e. The lowest BCUT2D eigenvalue weighted by Gasteiger charge is -2.32. The average Bonchev–Trinajstić information content (AvgIpc) is 2.86. The molecule has 182 valence electrons. The summed E-state index contributed by atoms with van der Waals surface area (Å²) < 4.78 is 11.1. The Balaban J connectivity index is 2.11. The highest BCUT2D eigenvalue weighted by atomic mass is 35.5. The summed E-state index contributed by atoms with van der Waals surface area (Å²) in [5, 5.41) is 0.742. The van der Waals surface area contributed by atoms with E-state index >= 15 is 0 Å². The van der Waals surface area contributed by atoms with Crippen LogP contribution in [0.15, 0.2) is 71.0 Å². The van der Waals surface area contributed by atoms with Gasteiger partial charge in [-0.05, 0) is 55.5 Å². The molecule has 34 heavy (non-hydrogen) atoms. The summed E-state index contributed by atoms with van der Waals surface area (Å²) in [5.74, 6) is 1.23. The minimum atomic E-state index is 0.392. The molecule has 3 rings (SSSR count). The highest BCUT2D eigenvalue weighted by molar-refractivity contribution is 6.30. The molecule has 0 aliphatic carbocycles. The number of nitrogens with zero attached hydrogens (tertiary/aromatic N) is 2. The zero-order chi connectivity index (χ0) is 24.5. The zero-order valence-corrected chi connectivity index (χ0v) is 21.9. The third-order valence-corrected chi connectivity index (χ3v) is 6.51. The maximum Gasteiger partial charge on any atom is 0.120 e. The van der Waals surface area contributed by atoms with Crippen LogP contribution in [0.2, 0.25) is 5.02 Å². The van der Waals surface area contributed by atoms with Crippen LogP contribution in [0.4, 0.5) is 5.69 Å². The molecule has 0 spiro atoms. The quantitative estimate of drug-likeness (QED) is 0.332. The molecule has 1 unspecified atom stereocenters. The standard InChI is InChI=1S/C29H37ClN2O2/c1-6-8-9-27(32(18-19-33-4)28-20-25(34-5)16-10-21(28)3)26-17-13-22(7-2)29(31-26)23-11-14-24(30)15-12-23/h9-12,14-17,20,22H,6-8,13,18-19H2,1-5H3/b27-9+. The van der Waals surface area contributed by atoms with E-state index in [9.17, 15) is 0 Å². The van der Waals surface area contributed by atoms with E-state index in [-0.39, 0.29) is 0 Å². The number of anilines is 1. The van der Waals surface area contributed by atoms with Crippen molar-refractivity contribution >= 4 is 23.0 Å². The molecule has 5 heteroatoms. The van der Waals surface area contributed by atoms with Gasteiger partial charge in [0.15, 0.2) is 0 Å². The number of ether oxygens (including phenoxy) is 2. The van der Waals surface area contributed by atoms with Gasteiger partial charge in [-0.2, -0.15) is 0 Å². The molecule has 0 radical (unpaired) electrons. The molecule has 1 aliphatic rings. The average molecular weight is 481 g/mol. The first-order chi connectivity index (χ1) is 16.5. The molecule has 0 aromatic heterocycles. The van der Waals surface area contributed by atoms with Crippen molar-refractivity contribution in [2.24, 2.45) is 10.9 Å². The van der Waals surface area contributed by atoms with Crippen molar-refractivity contribution in [3.63, 3.8) is 0 Å². The number of aryl methyl sites for hydroxylation is 1. The highest BCUT2D eigenvalue weighted by Crippen LogP contribution is 2.34.